The molecule has 0 aromatic heterocycles. The molecule has 2 atom stereocenters. The van der Waals surface area contributed by atoms with Crippen LogP contribution in [0.25, 0.3) is 0 Å². The Bertz CT molecular complexity index is 241. The van der Waals surface area contributed by atoms with Gasteiger partial charge in [-0.2, -0.15) is 0 Å². The monoisotopic (exact) mass is 255 g/mol. The number of rotatable bonds is 7. The van der Waals surface area contributed by atoms with Crippen molar-refractivity contribution < 1.29 is 9.53 Å². The zero-order chi connectivity index (χ0) is 13.5. The lowest BCUT2D eigenvalue weighted by Crippen LogP contribution is -2.47. The summed E-state index contributed by atoms with van der Waals surface area (Å²) < 4.78 is 5.97. The van der Waals surface area contributed by atoms with E-state index in [2.05, 4.69) is 18.7 Å². The smallest absolute Gasteiger partial charge is 0.135 e. The van der Waals surface area contributed by atoms with Gasteiger partial charge in [0, 0.05) is 25.4 Å². The van der Waals surface area contributed by atoms with E-state index in [9.17, 15) is 4.79 Å². The molecule has 0 N–H and O–H groups in total. The second-order valence-electron chi connectivity index (χ2n) is 5.68. The second-order valence-corrected chi connectivity index (χ2v) is 5.68. The molecule has 0 saturated carbocycles. The molecule has 0 aromatic rings. The number of carbonyl (C=O) groups excluding carboxylic acids is 1. The van der Waals surface area contributed by atoms with Gasteiger partial charge in [0.2, 0.25) is 0 Å². The van der Waals surface area contributed by atoms with Crippen LogP contribution in [-0.2, 0) is 9.53 Å². The summed E-state index contributed by atoms with van der Waals surface area (Å²) in [6.07, 6.45) is 4.64. The summed E-state index contributed by atoms with van der Waals surface area (Å²) in [7, 11) is 0. The quantitative estimate of drug-likeness (QED) is 0.700. The van der Waals surface area contributed by atoms with E-state index in [0.717, 1.165) is 45.3 Å². The van der Waals surface area contributed by atoms with E-state index in [1.807, 2.05) is 13.8 Å². The SMILES string of the molecule is CCC1CN(CCCC(=O)C(C)C)CC(CC)O1. The van der Waals surface area contributed by atoms with E-state index in [-0.39, 0.29) is 5.92 Å². The first-order valence-electron chi connectivity index (χ1n) is 7.47. The molecule has 18 heavy (non-hydrogen) atoms. The van der Waals surface area contributed by atoms with Crippen LogP contribution in [0.5, 0.6) is 0 Å². The summed E-state index contributed by atoms with van der Waals surface area (Å²) in [6.45, 7) is 11.4. The van der Waals surface area contributed by atoms with Gasteiger partial charge < -0.3 is 4.74 Å². The Kier molecular flexibility index (Phi) is 6.87. The minimum Gasteiger partial charge on any atom is -0.372 e. The van der Waals surface area contributed by atoms with E-state index >= 15 is 0 Å². The van der Waals surface area contributed by atoms with Gasteiger partial charge in [-0.15, -0.1) is 0 Å². The van der Waals surface area contributed by atoms with Crippen LogP contribution >= 0.6 is 0 Å². The van der Waals surface area contributed by atoms with Gasteiger partial charge in [0.1, 0.15) is 5.78 Å². The van der Waals surface area contributed by atoms with Crippen LogP contribution in [0.15, 0.2) is 0 Å². The minimum absolute atomic E-state index is 0.182. The molecule has 3 nitrogen and oxygen atoms in total. The highest BCUT2D eigenvalue weighted by molar-refractivity contribution is 5.80. The van der Waals surface area contributed by atoms with Gasteiger partial charge in [0.05, 0.1) is 12.2 Å². The van der Waals surface area contributed by atoms with Gasteiger partial charge in [-0.25, -0.2) is 0 Å². The third kappa shape index (κ3) is 5.07. The number of nitrogens with zero attached hydrogens (tertiary/aromatic N) is 1. The predicted molar refractivity (Wildman–Crippen MR) is 74.8 cm³/mol. The number of hydrogen-bond acceptors (Lipinski definition) is 3. The molecular weight excluding hydrogens is 226 g/mol. The van der Waals surface area contributed by atoms with Crippen LogP contribution in [-0.4, -0.2) is 42.5 Å². The highest BCUT2D eigenvalue weighted by Crippen LogP contribution is 2.16. The predicted octanol–water partition coefficient (Wildman–Crippen LogP) is 2.88. The molecule has 1 fully saturated rings. The van der Waals surface area contributed by atoms with Crippen molar-refractivity contribution in [3.8, 4) is 0 Å². The fourth-order valence-corrected chi connectivity index (χ4v) is 2.41. The van der Waals surface area contributed by atoms with Crippen molar-refractivity contribution >= 4 is 5.78 Å². The Morgan fingerprint density at radius 1 is 1.22 bits per heavy atom. The maximum absolute atomic E-state index is 11.6. The number of hydrogen-bond donors (Lipinski definition) is 0. The van der Waals surface area contributed by atoms with Crippen LogP contribution in [0.4, 0.5) is 0 Å². The lowest BCUT2D eigenvalue weighted by molar-refractivity contribution is -0.122. The molecule has 0 spiro atoms. The molecule has 0 amide bonds. The molecule has 2 unspecified atom stereocenters. The number of Topliss-reactive ketones (excluding diaryl/α,β-unsaturated/α-hetero) is 1. The van der Waals surface area contributed by atoms with Crippen LogP contribution in [0.3, 0.4) is 0 Å². The van der Waals surface area contributed by atoms with Crippen LogP contribution < -0.4 is 0 Å². The molecule has 3 heteroatoms. The first kappa shape index (κ1) is 15.6. The highest BCUT2D eigenvalue weighted by atomic mass is 16.5. The molecule has 0 bridgehead atoms. The highest BCUT2D eigenvalue weighted by Gasteiger charge is 2.25. The largest absolute Gasteiger partial charge is 0.372 e. The first-order valence-corrected chi connectivity index (χ1v) is 7.47. The number of carbonyl (C=O) groups is 1. The summed E-state index contributed by atoms with van der Waals surface area (Å²) in [6, 6.07) is 0. The van der Waals surface area contributed by atoms with Gasteiger partial charge in [0.15, 0.2) is 0 Å². The van der Waals surface area contributed by atoms with Gasteiger partial charge in [0.25, 0.3) is 0 Å². The van der Waals surface area contributed by atoms with Crippen LogP contribution in [0, 0.1) is 5.92 Å². The average molecular weight is 255 g/mol. The molecule has 0 radical (unpaired) electrons. The summed E-state index contributed by atoms with van der Waals surface area (Å²) in [5.41, 5.74) is 0. The third-order valence-electron chi connectivity index (χ3n) is 3.76. The molecule has 1 saturated heterocycles. The van der Waals surface area contributed by atoms with Gasteiger partial charge >= 0.3 is 0 Å². The Balaban J connectivity index is 2.30. The fourth-order valence-electron chi connectivity index (χ4n) is 2.41. The molecule has 0 aliphatic carbocycles. The summed E-state index contributed by atoms with van der Waals surface area (Å²) in [5.74, 6) is 0.573. The summed E-state index contributed by atoms with van der Waals surface area (Å²) >= 11 is 0. The third-order valence-corrected chi connectivity index (χ3v) is 3.76. The number of ether oxygens (including phenoxy) is 1. The first-order chi connectivity index (χ1) is 8.56. The Labute approximate surface area is 112 Å². The minimum atomic E-state index is 0.182. The van der Waals surface area contributed by atoms with E-state index in [4.69, 9.17) is 4.74 Å². The van der Waals surface area contributed by atoms with Crippen LogP contribution in [0.1, 0.15) is 53.4 Å². The van der Waals surface area contributed by atoms with E-state index < -0.39 is 0 Å². The van der Waals surface area contributed by atoms with Crippen LogP contribution in [0.2, 0.25) is 0 Å². The van der Waals surface area contributed by atoms with Gasteiger partial charge in [-0.3, -0.25) is 9.69 Å². The van der Waals surface area contributed by atoms with Crippen molar-refractivity contribution in [2.45, 2.75) is 65.6 Å². The molecule has 1 aliphatic rings. The van der Waals surface area contributed by atoms with Crippen molar-refractivity contribution in [1.82, 2.24) is 4.90 Å². The maximum Gasteiger partial charge on any atom is 0.135 e. The normalized spacial score (nSPS) is 25.6. The molecular formula is C15H29NO2. The zero-order valence-corrected chi connectivity index (χ0v) is 12.4. The zero-order valence-electron chi connectivity index (χ0n) is 12.4. The Hall–Kier alpha value is -0.410. The molecule has 106 valence electrons. The number of morpholine rings is 1. The number of ketones is 1. The summed E-state index contributed by atoms with van der Waals surface area (Å²) in [5, 5.41) is 0. The fraction of sp³-hybridized carbons (Fsp3) is 0.933. The van der Waals surface area contributed by atoms with Crippen molar-refractivity contribution in [3.05, 3.63) is 0 Å². The van der Waals surface area contributed by atoms with E-state index in [1.54, 1.807) is 0 Å². The lowest BCUT2D eigenvalue weighted by Gasteiger charge is -2.37. The maximum atomic E-state index is 11.6. The van der Waals surface area contributed by atoms with Crippen molar-refractivity contribution in [2.75, 3.05) is 19.6 Å². The van der Waals surface area contributed by atoms with Crippen molar-refractivity contribution in [2.24, 2.45) is 5.92 Å². The second kappa shape index (κ2) is 7.90. The molecule has 0 aromatic carbocycles. The van der Waals surface area contributed by atoms with E-state index in [1.165, 1.54) is 0 Å². The van der Waals surface area contributed by atoms with Gasteiger partial charge in [-0.1, -0.05) is 27.7 Å². The molecule has 1 rings (SSSR count). The Morgan fingerprint density at radius 3 is 2.22 bits per heavy atom. The Morgan fingerprint density at radius 2 is 1.78 bits per heavy atom. The lowest BCUT2D eigenvalue weighted by atomic mass is 10.0. The average Bonchev–Trinajstić information content (AvgIpc) is 2.37. The summed E-state index contributed by atoms with van der Waals surface area (Å²) in [4.78, 5) is 14.1. The standard InChI is InChI=1S/C15H29NO2/c1-5-13-10-16(11-14(6-2)18-13)9-7-8-15(17)12(3)4/h12-14H,5-11H2,1-4H3. The molecule has 1 aliphatic heterocycles. The van der Waals surface area contributed by atoms with Crippen molar-refractivity contribution in [1.29, 1.82) is 0 Å². The molecule has 1 heterocycles. The van der Waals surface area contributed by atoms with E-state index in [0.29, 0.717) is 18.0 Å². The van der Waals surface area contributed by atoms with Crippen molar-refractivity contribution in [3.63, 3.8) is 0 Å². The topological polar surface area (TPSA) is 29.5 Å². The van der Waals surface area contributed by atoms with Gasteiger partial charge in [-0.05, 0) is 25.8 Å².